The molecule has 8 rings (SSSR count). The van der Waals surface area contributed by atoms with Gasteiger partial charge in [0, 0.05) is 46.2 Å². The molecule has 6 nitrogen and oxygen atoms in total. The average molecular weight is 515 g/mol. The van der Waals surface area contributed by atoms with E-state index in [1.165, 1.54) is 0 Å². The van der Waals surface area contributed by atoms with Crippen molar-refractivity contribution in [3.05, 3.63) is 134 Å². The zero-order valence-corrected chi connectivity index (χ0v) is 21.4. The van der Waals surface area contributed by atoms with Crippen LogP contribution in [0.1, 0.15) is 0 Å². The van der Waals surface area contributed by atoms with Crippen LogP contribution < -0.4 is 0 Å². The maximum absolute atomic E-state index is 5.30. The van der Waals surface area contributed by atoms with Gasteiger partial charge in [-0.25, -0.2) is 15.0 Å². The van der Waals surface area contributed by atoms with Gasteiger partial charge in [0.05, 0.1) is 27.8 Å². The minimum atomic E-state index is 0.607. The van der Waals surface area contributed by atoms with Gasteiger partial charge in [0.1, 0.15) is 5.82 Å². The highest BCUT2D eigenvalue weighted by Crippen LogP contribution is 2.38. The van der Waals surface area contributed by atoms with Gasteiger partial charge in [0.25, 0.3) is 0 Å². The van der Waals surface area contributed by atoms with Gasteiger partial charge in [-0.2, -0.15) is 0 Å². The summed E-state index contributed by atoms with van der Waals surface area (Å²) in [5.74, 6) is 1.51. The lowest BCUT2D eigenvalue weighted by Crippen LogP contribution is -2.01. The monoisotopic (exact) mass is 514 g/mol. The molecule has 0 saturated carbocycles. The molecular formula is C34H22N6. The molecule has 0 atom stereocenters. The van der Waals surface area contributed by atoms with Crippen molar-refractivity contribution < 1.29 is 0 Å². The SMILES string of the molecule is c1ccc(-c2nc3c4c5ccccc5n(-c5ncc(-c6ccccn6)cn5)c4ccc3n2-c2ccccc2)cc1. The molecular weight excluding hydrogens is 492 g/mol. The lowest BCUT2D eigenvalue weighted by molar-refractivity contribution is 0.988. The second-order valence-electron chi connectivity index (χ2n) is 9.64. The second kappa shape index (κ2) is 8.99. The van der Waals surface area contributed by atoms with Crippen LogP contribution in [0.5, 0.6) is 0 Å². The first-order chi connectivity index (χ1) is 19.9. The highest BCUT2D eigenvalue weighted by molar-refractivity contribution is 6.20. The number of imidazole rings is 1. The molecule has 0 unspecified atom stereocenters. The van der Waals surface area contributed by atoms with Crippen LogP contribution in [-0.4, -0.2) is 29.1 Å². The van der Waals surface area contributed by atoms with E-state index in [4.69, 9.17) is 15.0 Å². The van der Waals surface area contributed by atoms with Crippen LogP contribution in [0.15, 0.2) is 134 Å². The lowest BCUT2D eigenvalue weighted by atomic mass is 10.1. The standard InChI is InChI=1S/C34H22N6/c1-3-11-23(12-4-1)33-38-32-30(39(33)25-13-5-2-6-14-25)19-18-29-31(32)26-15-7-8-17-28(26)40(29)34-36-21-24(22-37-34)27-16-9-10-20-35-27/h1-22H. The van der Waals surface area contributed by atoms with E-state index in [-0.39, 0.29) is 0 Å². The first-order valence-electron chi connectivity index (χ1n) is 13.2. The summed E-state index contributed by atoms with van der Waals surface area (Å²) in [6.45, 7) is 0. The number of rotatable bonds is 4. The van der Waals surface area contributed by atoms with Crippen LogP contribution in [0.2, 0.25) is 0 Å². The van der Waals surface area contributed by atoms with Crippen molar-refractivity contribution in [2.75, 3.05) is 0 Å². The Morgan fingerprint density at radius 2 is 1.20 bits per heavy atom. The van der Waals surface area contributed by atoms with Crippen molar-refractivity contribution >= 4 is 32.8 Å². The van der Waals surface area contributed by atoms with Crippen molar-refractivity contribution in [2.24, 2.45) is 0 Å². The molecule has 40 heavy (non-hydrogen) atoms. The van der Waals surface area contributed by atoms with E-state index in [9.17, 15) is 0 Å². The first kappa shape index (κ1) is 22.4. The average Bonchev–Trinajstić information content (AvgIpc) is 3.59. The predicted molar refractivity (Wildman–Crippen MR) is 160 cm³/mol. The van der Waals surface area contributed by atoms with Crippen molar-refractivity contribution in [1.82, 2.24) is 29.1 Å². The van der Waals surface area contributed by atoms with Crippen molar-refractivity contribution in [3.63, 3.8) is 0 Å². The molecule has 4 aromatic carbocycles. The Labute approximate surface area is 229 Å². The summed E-state index contributed by atoms with van der Waals surface area (Å²) in [6, 6.07) is 39.3. The molecule has 4 heterocycles. The Hall–Kier alpha value is -5.62. The number of nitrogens with zero attached hydrogens (tertiary/aromatic N) is 6. The molecule has 8 aromatic rings. The quantitative estimate of drug-likeness (QED) is 0.242. The van der Waals surface area contributed by atoms with Gasteiger partial charge in [0.15, 0.2) is 0 Å². The maximum Gasteiger partial charge on any atom is 0.234 e. The molecule has 0 spiro atoms. The third-order valence-corrected chi connectivity index (χ3v) is 7.31. The molecule has 0 fully saturated rings. The van der Waals surface area contributed by atoms with E-state index in [2.05, 4.69) is 99.0 Å². The number of aromatic nitrogens is 6. The first-order valence-corrected chi connectivity index (χ1v) is 13.2. The molecule has 188 valence electrons. The number of pyridine rings is 1. The summed E-state index contributed by atoms with van der Waals surface area (Å²) in [5.41, 5.74) is 7.89. The third kappa shape index (κ3) is 3.43. The van der Waals surface area contributed by atoms with Crippen molar-refractivity contribution in [3.8, 4) is 34.3 Å². The van der Waals surface area contributed by atoms with Crippen LogP contribution in [0.4, 0.5) is 0 Å². The molecule has 0 aliphatic heterocycles. The topological polar surface area (TPSA) is 61.4 Å². The summed E-state index contributed by atoms with van der Waals surface area (Å²) < 4.78 is 4.37. The fourth-order valence-electron chi connectivity index (χ4n) is 5.53. The molecule has 0 aliphatic rings. The van der Waals surface area contributed by atoms with Crippen LogP contribution in [-0.2, 0) is 0 Å². The number of hydrogen-bond acceptors (Lipinski definition) is 4. The third-order valence-electron chi connectivity index (χ3n) is 7.31. The summed E-state index contributed by atoms with van der Waals surface area (Å²) in [4.78, 5) is 19.3. The highest BCUT2D eigenvalue weighted by atomic mass is 15.2. The largest absolute Gasteiger partial charge is 0.292 e. The van der Waals surface area contributed by atoms with E-state index < -0.39 is 0 Å². The van der Waals surface area contributed by atoms with Gasteiger partial charge in [-0.1, -0.05) is 72.8 Å². The highest BCUT2D eigenvalue weighted by Gasteiger charge is 2.21. The smallest absolute Gasteiger partial charge is 0.234 e. The summed E-state index contributed by atoms with van der Waals surface area (Å²) in [6.07, 6.45) is 5.45. The van der Waals surface area contributed by atoms with Crippen LogP contribution in [0, 0.1) is 0 Å². The van der Waals surface area contributed by atoms with E-state index in [0.717, 1.165) is 61.2 Å². The molecule has 4 aromatic heterocycles. The van der Waals surface area contributed by atoms with Crippen molar-refractivity contribution in [2.45, 2.75) is 0 Å². The lowest BCUT2D eigenvalue weighted by Gasteiger charge is -2.09. The molecule has 0 bridgehead atoms. The predicted octanol–water partition coefficient (Wildman–Crippen LogP) is 7.64. The summed E-state index contributed by atoms with van der Waals surface area (Å²) >= 11 is 0. The van der Waals surface area contributed by atoms with E-state index in [0.29, 0.717) is 5.95 Å². The number of para-hydroxylation sites is 2. The fraction of sp³-hybridized carbons (Fsp3) is 0. The van der Waals surface area contributed by atoms with E-state index in [1.807, 2.05) is 42.7 Å². The molecule has 0 saturated heterocycles. The normalized spacial score (nSPS) is 11.5. The maximum atomic E-state index is 5.30. The minimum absolute atomic E-state index is 0.607. The molecule has 0 aliphatic carbocycles. The molecule has 0 radical (unpaired) electrons. The molecule has 0 amide bonds. The molecule has 0 N–H and O–H groups in total. The Morgan fingerprint density at radius 3 is 1.98 bits per heavy atom. The number of hydrogen-bond donors (Lipinski definition) is 0. The zero-order chi connectivity index (χ0) is 26.5. The Morgan fingerprint density at radius 1 is 0.500 bits per heavy atom. The van der Waals surface area contributed by atoms with E-state index >= 15 is 0 Å². The van der Waals surface area contributed by atoms with Crippen LogP contribution >= 0.6 is 0 Å². The number of fused-ring (bicyclic) bond motifs is 5. The van der Waals surface area contributed by atoms with Gasteiger partial charge < -0.3 is 0 Å². The van der Waals surface area contributed by atoms with Gasteiger partial charge in [-0.05, 0) is 42.5 Å². The Kier molecular flexibility index (Phi) is 5.03. The van der Waals surface area contributed by atoms with Crippen LogP contribution in [0.25, 0.3) is 67.1 Å². The zero-order valence-electron chi connectivity index (χ0n) is 21.4. The fourth-order valence-corrected chi connectivity index (χ4v) is 5.53. The van der Waals surface area contributed by atoms with Gasteiger partial charge in [0.2, 0.25) is 5.95 Å². The van der Waals surface area contributed by atoms with Crippen LogP contribution in [0.3, 0.4) is 0 Å². The molecule has 6 heteroatoms. The summed E-state index contributed by atoms with van der Waals surface area (Å²) in [7, 11) is 0. The van der Waals surface area contributed by atoms with Crippen molar-refractivity contribution in [1.29, 1.82) is 0 Å². The Balaban J connectivity index is 1.42. The van der Waals surface area contributed by atoms with Gasteiger partial charge in [-0.15, -0.1) is 0 Å². The Bertz CT molecular complexity index is 2130. The van der Waals surface area contributed by atoms with E-state index in [1.54, 1.807) is 6.20 Å². The minimum Gasteiger partial charge on any atom is -0.292 e. The second-order valence-corrected chi connectivity index (χ2v) is 9.64. The number of benzene rings is 4. The van der Waals surface area contributed by atoms with Gasteiger partial charge >= 0.3 is 0 Å². The van der Waals surface area contributed by atoms with Gasteiger partial charge in [-0.3, -0.25) is 14.1 Å². The summed E-state index contributed by atoms with van der Waals surface area (Å²) in [5, 5.41) is 2.19.